The van der Waals surface area contributed by atoms with Gasteiger partial charge in [0.25, 0.3) is 0 Å². The Morgan fingerprint density at radius 1 is 1.39 bits per heavy atom. The molecule has 2 N–H and O–H groups in total. The molecule has 0 spiro atoms. The molecule has 100 valence electrons. The molecule has 0 bridgehead atoms. The number of nitrogens with zero attached hydrogens (tertiary/aromatic N) is 1. The van der Waals surface area contributed by atoms with E-state index in [1.165, 1.54) is 0 Å². The molecular weight excluding hydrogens is 256 g/mol. The highest BCUT2D eigenvalue weighted by atomic mass is 32.2. The third kappa shape index (κ3) is 2.17. The molecule has 0 saturated heterocycles. The van der Waals surface area contributed by atoms with Crippen molar-refractivity contribution in [3.63, 3.8) is 0 Å². The molecule has 1 heterocycles. The van der Waals surface area contributed by atoms with E-state index in [1.54, 1.807) is 0 Å². The van der Waals surface area contributed by atoms with Crippen LogP contribution in [0.15, 0.2) is 4.52 Å². The van der Waals surface area contributed by atoms with Crippen LogP contribution in [-0.4, -0.2) is 30.0 Å². The van der Waals surface area contributed by atoms with Crippen LogP contribution in [0, 0.1) is 0 Å². The van der Waals surface area contributed by atoms with Crippen LogP contribution in [0.3, 0.4) is 0 Å². The van der Waals surface area contributed by atoms with Crippen LogP contribution in [0.2, 0.25) is 0 Å². The van der Waals surface area contributed by atoms with Crippen LogP contribution in [0.5, 0.6) is 0 Å². The van der Waals surface area contributed by atoms with Gasteiger partial charge >= 0.3 is 0 Å². The number of aryl methyl sites for hydroxylation is 1. The van der Waals surface area contributed by atoms with E-state index in [0.29, 0.717) is 18.5 Å². The predicted octanol–water partition coefficient (Wildman–Crippen LogP) is 0.106. The van der Waals surface area contributed by atoms with E-state index in [1.807, 2.05) is 0 Å². The lowest BCUT2D eigenvalue weighted by atomic mass is 9.93. The van der Waals surface area contributed by atoms with E-state index in [9.17, 15) is 8.42 Å². The van der Waals surface area contributed by atoms with E-state index in [2.05, 4.69) is 9.88 Å². The zero-order chi connectivity index (χ0) is 12.8. The van der Waals surface area contributed by atoms with E-state index in [-0.39, 0.29) is 17.9 Å². The maximum absolute atomic E-state index is 11.9. The monoisotopic (exact) mass is 272 g/mol. The summed E-state index contributed by atoms with van der Waals surface area (Å²) in [7, 11) is -3.16. The number of hydrogen-bond acceptors (Lipinski definition) is 5. The lowest BCUT2D eigenvalue weighted by Crippen LogP contribution is -2.40. The first kappa shape index (κ1) is 12.1. The normalized spacial score (nSPS) is 23.9. The van der Waals surface area contributed by atoms with Gasteiger partial charge in [0, 0.05) is 18.0 Å². The van der Waals surface area contributed by atoms with Crippen molar-refractivity contribution in [1.29, 1.82) is 0 Å². The number of rotatable bonds is 4. The van der Waals surface area contributed by atoms with Crippen molar-refractivity contribution in [3.05, 3.63) is 17.0 Å². The number of aliphatic hydroxyl groups excluding tert-OH is 1. The van der Waals surface area contributed by atoms with Crippen LogP contribution in [0.1, 0.15) is 36.3 Å². The Hall–Kier alpha value is -0.920. The van der Waals surface area contributed by atoms with Gasteiger partial charge in [0.05, 0.1) is 11.9 Å². The molecule has 3 rings (SSSR count). The summed E-state index contributed by atoms with van der Waals surface area (Å²) < 4.78 is 31.6. The molecule has 18 heavy (non-hydrogen) atoms. The highest BCUT2D eigenvalue weighted by molar-refractivity contribution is 7.90. The van der Waals surface area contributed by atoms with Gasteiger partial charge in [-0.1, -0.05) is 5.16 Å². The molecule has 0 aromatic carbocycles. The minimum absolute atomic E-state index is 0.104. The summed E-state index contributed by atoms with van der Waals surface area (Å²) in [4.78, 5) is 0. The van der Waals surface area contributed by atoms with Crippen LogP contribution in [0.25, 0.3) is 0 Å². The summed E-state index contributed by atoms with van der Waals surface area (Å²) in [5, 5.41) is 12.7. The fourth-order valence-corrected chi connectivity index (χ4v) is 4.01. The number of fused-ring (bicyclic) bond motifs is 1. The van der Waals surface area contributed by atoms with Crippen molar-refractivity contribution >= 4 is 10.0 Å². The molecule has 1 atom stereocenters. The highest BCUT2D eigenvalue weighted by Gasteiger charge is 2.38. The molecular formula is C11H16N2O4S. The van der Waals surface area contributed by atoms with Gasteiger partial charge in [-0.2, -0.15) is 0 Å². The quantitative estimate of drug-likeness (QED) is 0.811. The van der Waals surface area contributed by atoms with Crippen molar-refractivity contribution in [2.45, 2.75) is 50.0 Å². The second kappa shape index (κ2) is 4.32. The van der Waals surface area contributed by atoms with E-state index >= 15 is 0 Å². The summed E-state index contributed by atoms with van der Waals surface area (Å²) in [5.41, 5.74) is 1.40. The van der Waals surface area contributed by atoms with Crippen molar-refractivity contribution in [2.75, 3.05) is 0 Å². The van der Waals surface area contributed by atoms with Gasteiger partial charge in [0.15, 0.2) is 0 Å². The lowest BCUT2D eigenvalue weighted by molar-refractivity contribution is 0.265. The average molecular weight is 272 g/mol. The molecule has 1 saturated carbocycles. The number of nitrogens with one attached hydrogen (secondary N) is 1. The Bertz CT molecular complexity index is 534. The number of sulfonamides is 1. The maximum Gasteiger partial charge on any atom is 0.214 e. The topological polar surface area (TPSA) is 92.4 Å². The molecule has 1 unspecified atom stereocenters. The molecule has 2 aliphatic rings. The van der Waals surface area contributed by atoms with Crippen LogP contribution in [-0.2, 0) is 29.5 Å². The van der Waals surface area contributed by atoms with Gasteiger partial charge in [-0.25, -0.2) is 13.1 Å². The molecule has 1 aromatic rings. The van der Waals surface area contributed by atoms with Crippen molar-refractivity contribution in [2.24, 2.45) is 0 Å². The Kier molecular flexibility index (Phi) is 2.91. The fraction of sp³-hybridized carbons (Fsp3) is 0.727. The Morgan fingerprint density at radius 3 is 2.83 bits per heavy atom. The number of aromatic nitrogens is 1. The van der Waals surface area contributed by atoms with Crippen molar-refractivity contribution < 1.29 is 18.0 Å². The minimum atomic E-state index is -3.16. The molecule has 0 amide bonds. The average Bonchev–Trinajstić information content (AvgIpc) is 3.11. The summed E-state index contributed by atoms with van der Waals surface area (Å²) in [6, 6.07) is -0.104. The van der Waals surface area contributed by atoms with Crippen LogP contribution >= 0.6 is 0 Å². The largest absolute Gasteiger partial charge is 0.390 e. The first-order valence-corrected chi connectivity index (χ1v) is 7.73. The molecule has 0 radical (unpaired) electrons. The third-order valence-corrected chi connectivity index (χ3v) is 5.58. The second-order valence-electron chi connectivity index (χ2n) is 4.99. The maximum atomic E-state index is 11.9. The summed E-state index contributed by atoms with van der Waals surface area (Å²) in [6.07, 6.45) is 3.48. The number of aliphatic hydroxyl groups is 1. The highest BCUT2D eigenvalue weighted by Crippen LogP contribution is 2.30. The van der Waals surface area contributed by atoms with Gasteiger partial charge in [-0.05, 0) is 25.7 Å². The van der Waals surface area contributed by atoms with Crippen molar-refractivity contribution in [1.82, 2.24) is 9.88 Å². The second-order valence-corrected chi connectivity index (χ2v) is 6.98. The van der Waals surface area contributed by atoms with Gasteiger partial charge in [-0.3, -0.25) is 0 Å². The van der Waals surface area contributed by atoms with Gasteiger partial charge in [0.1, 0.15) is 11.5 Å². The number of hydrogen-bond donors (Lipinski definition) is 2. The Labute approximate surface area is 105 Å². The zero-order valence-electron chi connectivity index (χ0n) is 9.92. The Balaban J connectivity index is 1.74. The molecule has 1 aromatic heterocycles. The predicted molar refractivity (Wildman–Crippen MR) is 63.3 cm³/mol. The van der Waals surface area contributed by atoms with Gasteiger partial charge < -0.3 is 9.63 Å². The first-order valence-electron chi connectivity index (χ1n) is 6.18. The fourth-order valence-electron chi connectivity index (χ4n) is 2.40. The zero-order valence-corrected chi connectivity index (χ0v) is 10.7. The summed E-state index contributed by atoms with van der Waals surface area (Å²) >= 11 is 0. The molecule has 7 heteroatoms. The first-order chi connectivity index (χ1) is 8.60. The van der Waals surface area contributed by atoms with E-state index in [4.69, 9.17) is 9.63 Å². The van der Waals surface area contributed by atoms with Gasteiger partial charge in [-0.15, -0.1) is 0 Å². The van der Waals surface area contributed by atoms with Crippen molar-refractivity contribution in [3.8, 4) is 0 Å². The standard InChI is InChI=1S/C11H16N2O4S/c14-6-10-9-5-7(1-4-11(9)17-12-10)13-18(15,16)8-2-3-8/h7-8,13-14H,1-6H2. The lowest BCUT2D eigenvalue weighted by Gasteiger charge is -2.22. The summed E-state index contributed by atoms with van der Waals surface area (Å²) in [5.74, 6) is 0.779. The van der Waals surface area contributed by atoms with E-state index < -0.39 is 10.0 Å². The van der Waals surface area contributed by atoms with Gasteiger partial charge in [0.2, 0.25) is 10.0 Å². The van der Waals surface area contributed by atoms with Crippen LogP contribution < -0.4 is 4.72 Å². The third-order valence-electron chi connectivity index (χ3n) is 3.57. The molecule has 0 aliphatic heterocycles. The van der Waals surface area contributed by atoms with Crippen LogP contribution in [0.4, 0.5) is 0 Å². The SMILES string of the molecule is O=S(=O)(NC1CCc2onc(CO)c2C1)C1CC1. The summed E-state index contributed by atoms with van der Waals surface area (Å²) in [6.45, 7) is -0.166. The molecule has 2 aliphatic carbocycles. The van der Waals surface area contributed by atoms with E-state index in [0.717, 1.165) is 30.6 Å². The Morgan fingerprint density at radius 2 is 2.17 bits per heavy atom. The molecule has 1 fully saturated rings. The smallest absolute Gasteiger partial charge is 0.214 e. The minimum Gasteiger partial charge on any atom is -0.390 e. The molecule has 6 nitrogen and oxygen atoms in total.